The number of methoxy groups -OCH3 is 2. The van der Waals surface area contributed by atoms with Crippen LogP contribution >= 0.6 is 0 Å². The maximum atomic E-state index is 5.28. The molecule has 4 aliphatic carbocycles. The second kappa shape index (κ2) is 5.34. The van der Waals surface area contributed by atoms with Gasteiger partial charge in [-0.05, 0) is 68.6 Å². The predicted octanol–water partition coefficient (Wildman–Crippen LogP) is 2.80. The van der Waals surface area contributed by atoms with E-state index in [-0.39, 0.29) is 6.29 Å². The fraction of sp³-hybridized carbons (Fsp3) is 1.00. The van der Waals surface area contributed by atoms with Crippen molar-refractivity contribution >= 4 is 0 Å². The number of hydrogen-bond acceptors (Lipinski definition) is 3. The molecule has 4 aliphatic rings. The summed E-state index contributed by atoms with van der Waals surface area (Å²) in [6, 6.07) is 0.591. The molecule has 19 heavy (non-hydrogen) atoms. The molecule has 4 bridgehead atoms. The SMILES string of the molecule is COC(CNC(C)C12CC3CC(CC(C3)C1)C2)OC. The van der Waals surface area contributed by atoms with Crippen LogP contribution in [0.3, 0.4) is 0 Å². The molecule has 3 heteroatoms. The summed E-state index contributed by atoms with van der Waals surface area (Å²) in [6.45, 7) is 3.19. The molecule has 0 spiro atoms. The highest BCUT2D eigenvalue weighted by Gasteiger charge is 2.52. The minimum atomic E-state index is -0.114. The molecular formula is C16H29NO2. The highest BCUT2D eigenvalue weighted by molar-refractivity contribution is 5.05. The van der Waals surface area contributed by atoms with Crippen LogP contribution in [0.2, 0.25) is 0 Å². The van der Waals surface area contributed by atoms with Gasteiger partial charge >= 0.3 is 0 Å². The third-order valence-corrected chi connectivity index (χ3v) is 6.12. The third-order valence-electron chi connectivity index (χ3n) is 6.12. The Balaban J connectivity index is 1.61. The second-order valence-corrected chi connectivity index (χ2v) is 7.31. The molecule has 4 rings (SSSR count). The van der Waals surface area contributed by atoms with E-state index in [1.807, 2.05) is 0 Å². The van der Waals surface area contributed by atoms with Crippen LogP contribution < -0.4 is 5.32 Å². The van der Waals surface area contributed by atoms with Gasteiger partial charge in [-0.3, -0.25) is 0 Å². The molecule has 0 aromatic rings. The monoisotopic (exact) mass is 267 g/mol. The smallest absolute Gasteiger partial charge is 0.169 e. The van der Waals surface area contributed by atoms with Crippen molar-refractivity contribution in [1.82, 2.24) is 5.32 Å². The Labute approximate surface area is 117 Å². The first-order valence-electron chi connectivity index (χ1n) is 7.94. The lowest BCUT2D eigenvalue weighted by Crippen LogP contribution is -2.55. The van der Waals surface area contributed by atoms with E-state index in [1.165, 1.54) is 38.5 Å². The minimum absolute atomic E-state index is 0.114. The van der Waals surface area contributed by atoms with Gasteiger partial charge in [0.15, 0.2) is 6.29 Å². The fourth-order valence-corrected chi connectivity index (χ4v) is 5.46. The lowest BCUT2D eigenvalue weighted by molar-refractivity contribution is -0.109. The summed E-state index contributed by atoms with van der Waals surface area (Å²) in [4.78, 5) is 0. The molecular weight excluding hydrogens is 238 g/mol. The van der Waals surface area contributed by atoms with Crippen LogP contribution in [0.15, 0.2) is 0 Å². The van der Waals surface area contributed by atoms with Crippen LogP contribution in [-0.2, 0) is 9.47 Å². The summed E-state index contributed by atoms with van der Waals surface area (Å²) in [5, 5.41) is 3.69. The van der Waals surface area contributed by atoms with E-state index < -0.39 is 0 Å². The van der Waals surface area contributed by atoms with E-state index in [2.05, 4.69) is 12.2 Å². The van der Waals surface area contributed by atoms with Gasteiger partial charge in [-0.15, -0.1) is 0 Å². The van der Waals surface area contributed by atoms with Crippen molar-refractivity contribution in [3.8, 4) is 0 Å². The number of ether oxygens (including phenoxy) is 2. The van der Waals surface area contributed by atoms with Crippen molar-refractivity contribution in [2.24, 2.45) is 23.2 Å². The Morgan fingerprint density at radius 3 is 1.89 bits per heavy atom. The average molecular weight is 267 g/mol. The molecule has 0 aliphatic heterocycles. The number of nitrogens with one attached hydrogen (secondary N) is 1. The summed E-state index contributed by atoms with van der Waals surface area (Å²) < 4.78 is 10.6. The predicted molar refractivity (Wildman–Crippen MR) is 75.9 cm³/mol. The molecule has 0 radical (unpaired) electrons. The normalized spacial score (nSPS) is 42.0. The van der Waals surface area contributed by atoms with Gasteiger partial charge in [0.1, 0.15) is 0 Å². The molecule has 4 saturated carbocycles. The Kier molecular flexibility index (Phi) is 3.89. The van der Waals surface area contributed by atoms with Crippen LogP contribution in [0, 0.1) is 23.2 Å². The van der Waals surface area contributed by atoms with Crippen LogP contribution in [0.5, 0.6) is 0 Å². The minimum Gasteiger partial charge on any atom is -0.355 e. The first kappa shape index (κ1) is 13.8. The van der Waals surface area contributed by atoms with Crippen molar-refractivity contribution in [2.75, 3.05) is 20.8 Å². The van der Waals surface area contributed by atoms with Crippen molar-refractivity contribution in [2.45, 2.75) is 57.8 Å². The maximum Gasteiger partial charge on any atom is 0.169 e. The Morgan fingerprint density at radius 2 is 1.47 bits per heavy atom. The van der Waals surface area contributed by atoms with Crippen molar-refractivity contribution in [3.05, 3.63) is 0 Å². The topological polar surface area (TPSA) is 30.5 Å². The van der Waals surface area contributed by atoms with Gasteiger partial charge in [-0.25, -0.2) is 0 Å². The zero-order chi connectivity index (χ0) is 13.5. The molecule has 0 aromatic heterocycles. The van der Waals surface area contributed by atoms with E-state index in [9.17, 15) is 0 Å². The third kappa shape index (κ3) is 2.57. The molecule has 1 N–H and O–H groups in total. The zero-order valence-electron chi connectivity index (χ0n) is 12.7. The van der Waals surface area contributed by atoms with Gasteiger partial charge in [0, 0.05) is 26.8 Å². The van der Waals surface area contributed by atoms with E-state index in [0.717, 1.165) is 24.3 Å². The van der Waals surface area contributed by atoms with Gasteiger partial charge in [0.25, 0.3) is 0 Å². The van der Waals surface area contributed by atoms with Gasteiger partial charge in [0.05, 0.1) is 0 Å². The summed E-state index contributed by atoms with van der Waals surface area (Å²) in [7, 11) is 3.43. The molecule has 4 fully saturated rings. The molecule has 110 valence electrons. The highest BCUT2D eigenvalue weighted by Crippen LogP contribution is 2.61. The first-order valence-corrected chi connectivity index (χ1v) is 7.94. The van der Waals surface area contributed by atoms with Crippen molar-refractivity contribution in [3.63, 3.8) is 0 Å². The average Bonchev–Trinajstić information content (AvgIpc) is 2.38. The first-order chi connectivity index (χ1) is 9.15. The standard InChI is InChI=1S/C16H29NO2/c1-11(17-10-15(18-2)19-3)16-7-12-4-13(8-16)6-14(5-12)9-16/h11-15,17H,4-10H2,1-3H3. The number of rotatable bonds is 6. The largest absolute Gasteiger partial charge is 0.355 e. The van der Waals surface area contributed by atoms with Crippen LogP contribution in [0.4, 0.5) is 0 Å². The van der Waals surface area contributed by atoms with Gasteiger partial charge in [0.2, 0.25) is 0 Å². The lowest BCUT2D eigenvalue weighted by Gasteiger charge is -2.59. The quantitative estimate of drug-likeness (QED) is 0.751. The maximum absolute atomic E-state index is 5.28. The van der Waals surface area contributed by atoms with E-state index in [4.69, 9.17) is 9.47 Å². The summed E-state index contributed by atoms with van der Waals surface area (Å²) in [5.41, 5.74) is 0.570. The summed E-state index contributed by atoms with van der Waals surface area (Å²) >= 11 is 0. The van der Waals surface area contributed by atoms with E-state index in [0.29, 0.717) is 11.5 Å². The zero-order valence-corrected chi connectivity index (χ0v) is 12.7. The van der Waals surface area contributed by atoms with Crippen LogP contribution in [0.1, 0.15) is 45.4 Å². The van der Waals surface area contributed by atoms with Gasteiger partial charge in [-0.2, -0.15) is 0 Å². The highest BCUT2D eigenvalue weighted by atomic mass is 16.7. The molecule has 3 nitrogen and oxygen atoms in total. The second-order valence-electron chi connectivity index (χ2n) is 7.31. The molecule has 1 atom stereocenters. The molecule has 0 amide bonds. The number of hydrogen-bond donors (Lipinski definition) is 1. The van der Waals surface area contributed by atoms with E-state index >= 15 is 0 Å². The Hall–Kier alpha value is -0.120. The van der Waals surface area contributed by atoms with Gasteiger partial charge in [-0.1, -0.05) is 0 Å². The molecule has 0 aromatic carbocycles. The van der Waals surface area contributed by atoms with Crippen LogP contribution in [-0.4, -0.2) is 33.1 Å². The van der Waals surface area contributed by atoms with E-state index in [1.54, 1.807) is 14.2 Å². The van der Waals surface area contributed by atoms with Crippen molar-refractivity contribution < 1.29 is 9.47 Å². The fourth-order valence-electron chi connectivity index (χ4n) is 5.46. The molecule has 0 heterocycles. The van der Waals surface area contributed by atoms with Crippen molar-refractivity contribution in [1.29, 1.82) is 0 Å². The summed E-state index contributed by atoms with van der Waals surface area (Å²) in [5.74, 6) is 3.07. The van der Waals surface area contributed by atoms with Crippen LogP contribution in [0.25, 0.3) is 0 Å². The molecule has 0 saturated heterocycles. The summed E-state index contributed by atoms with van der Waals surface area (Å²) in [6.07, 6.45) is 8.81. The Bertz CT molecular complexity index is 279. The lowest BCUT2D eigenvalue weighted by atomic mass is 9.48. The van der Waals surface area contributed by atoms with Gasteiger partial charge < -0.3 is 14.8 Å². The molecule has 1 unspecified atom stereocenters. The Morgan fingerprint density at radius 1 is 1.00 bits per heavy atom.